The fourth-order valence-electron chi connectivity index (χ4n) is 1.01. The molecule has 3 atom stereocenters. The number of halogens is 9. The lowest BCUT2D eigenvalue weighted by atomic mass is 10.7. The molecular formula is C5H7F9N3O2P3. The van der Waals surface area contributed by atoms with Crippen LogP contribution < -0.4 is 0 Å². The van der Waals surface area contributed by atoms with Crippen LogP contribution in [0.3, 0.4) is 0 Å². The maximum atomic E-state index is 13.9. The van der Waals surface area contributed by atoms with Gasteiger partial charge in [-0.2, -0.15) is 48.0 Å². The lowest BCUT2D eigenvalue weighted by Gasteiger charge is -2.22. The molecule has 0 amide bonds. The van der Waals surface area contributed by atoms with E-state index in [1.54, 1.807) is 0 Å². The van der Waals surface area contributed by atoms with Crippen LogP contribution in [0.25, 0.3) is 0 Å². The first kappa shape index (κ1) is 20.0. The van der Waals surface area contributed by atoms with Gasteiger partial charge >= 0.3 is 27.8 Å². The van der Waals surface area contributed by atoms with Crippen molar-refractivity contribution in [2.24, 2.45) is 13.5 Å². The highest BCUT2D eigenvalue weighted by molar-refractivity contribution is 7.79. The quantitative estimate of drug-likeness (QED) is 0.390. The first-order chi connectivity index (χ1) is 9.54. The Labute approximate surface area is 118 Å². The van der Waals surface area contributed by atoms with Gasteiger partial charge in [0.05, 0.1) is 0 Å². The average molecular weight is 405 g/mol. The highest BCUT2D eigenvalue weighted by Crippen LogP contribution is 2.80. The van der Waals surface area contributed by atoms with Gasteiger partial charge in [0.25, 0.3) is 0 Å². The Morgan fingerprint density at radius 3 is 1.45 bits per heavy atom. The molecule has 132 valence electrons. The number of rotatable bonds is 4. The molecule has 0 radical (unpaired) electrons. The van der Waals surface area contributed by atoms with Crippen LogP contribution in [0.5, 0.6) is 0 Å². The summed E-state index contributed by atoms with van der Waals surface area (Å²) in [5.74, 6) is 0. The molecule has 1 aliphatic rings. The maximum Gasteiger partial charge on any atom is 0.412 e. The molecule has 1 heterocycles. The second-order valence-electron chi connectivity index (χ2n) is 3.80. The van der Waals surface area contributed by atoms with Crippen LogP contribution in [-0.4, -0.2) is 32.2 Å². The predicted molar refractivity (Wildman–Crippen MR) is 61.3 cm³/mol. The van der Waals surface area contributed by atoms with E-state index in [0.29, 0.717) is 6.66 Å². The Hall–Kier alpha value is -0.0200. The molecule has 22 heavy (non-hydrogen) atoms. The topological polar surface area (TPSA) is 55.5 Å². The van der Waals surface area contributed by atoms with Crippen molar-refractivity contribution in [2.45, 2.75) is 12.4 Å². The molecule has 0 fully saturated rings. The van der Waals surface area contributed by atoms with E-state index >= 15 is 0 Å². The van der Waals surface area contributed by atoms with Gasteiger partial charge in [0.15, 0.2) is 13.2 Å². The first-order valence-corrected chi connectivity index (χ1v) is 9.98. The molecule has 5 nitrogen and oxygen atoms in total. The molecule has 0 spiro atoms. The molecule has 0 aromatic rings. The van der Waals surface area contributed by atoms with Crippen molar-refractivity contribution < 1.29 is 48.0 Å². The van der Waals surface area contributed by atoms with Gasteiger partial charge in [-0.3, -0.25) is 9.05 Å². The predicted octanol–water partition coefficient (Wildman–Crippen LogP) is 6.62. The highest BCUT2D eigenvalue weighted by atomic mass is 31.3. The van der Waals surface area contributed by atoms with Crippen LogP contribution in [-0.2, 0) is 9.05 Å². The van der Waals surface area contributed by atoms with Gasteiger partial charge in [0.2, 0.25) is 7.52 Å². The molecule has 17 heteroatoms. The van der Waals surface area contributed by atoms with E-state index in [-0.39, 0.29) is 0 Å². The molecule has 0 N–H and O–H groups in total. The summed E-state index contributed by atoms with van der Waals surface area (Å²) in [4.78, 5) is 0. The first-order valence-electron chi connectivity index (χ1n) is 4.94. The van der Waals surface area contributed by atoms with E-state index < -0.39 is 48.6 Å². The van der Waals surface area contributed by atoms with E-state index in [4.69, 9.17) is 0 Å². The second kappa shape index (κ2) is 6.12. The fourth-order valence-corrected chi connectivity index (χ4v) is 8.16. The van der Waals surface area contributed by atoms with Crippen LogP contribution in [0.15, 0.2) is 13.5 Å². The summed E-state index contributed by atoms with van der Waals surface area (Å²) >= 11 is 0. The van der Waals surface area contributed by atoms with Crippen LogP contribution >= 0.6 is 23.0 Å². The number of nitrogens with zero attached hydrogens (tertiary/aromatic N) is 3. The molecule has 0 bridgehead atoms. The number of hydrogen-bond donors (Lipinski definition) is 0. The third-order valence-electron chi connectivity index (χ3n) is 1.55. The van der Waals surface area contributed by atoms with Crippen LogP contribution in [0.1, 0.15) is 0 Å². The van der Waals surface area contributed by atoms with Crippen molar-refractivity contribution in [1.29, 1.82) is 0 Å². The maximum absolute atomic E-state index is 13.9. The number of alkyl halides is 6. The van der Waals surface area contributed by atoms with Crippen LogP contribution in [0.4, 0.5) is 38.9 Å². The molecule has 0 saturated carbocycles. The lowest BCUT2D eigenvalue weighted by molar-refractivity contribution is -0.153. The molecule has 0 aromatic heterocycles. The minimum absolute atomic E-state index is 0.415. The van der Waals surface area contributed by atoms with Crippen molar-refractivity contribution in [1.82, 2.24) is 0 Å². The zero-order chi connectivity index (χ0) is 17.4. The van der Waals surface area contributed by atoms with E-state index in [0.717, 1.165) is 0 Å². The smallest absolute Gasteiger partial charge is 0.294 e. The normalized spacial score (nSPS) is 36.3. The van der Waals surface area contributed by atoms with Gasteiger partial charge in [0, 0.05) is 6.66 Å². The van der Waals surface area contributed by atoms with Crippen molar-refractivity contribution in [3.8, 4) is 0 Å². The Bertz CT molecular complexity index is 567. The molecule has 1 aliphatic heterocycles. The van der Waals surface area contributed by atoms with Gasteiger partial charge in [-0.15, -0.1) is 4.52 Å². The number of hydrogen-bond acceptors (Lipinski definition) is 5. The summed E-state index contributed by atoms with van der Waals surface area (Å²) in [7, 11) is -15.7. The summed E-state index contributed by atoms with van der Waals surface area (Å²) < 4.78 is 128. The molecule has 3 unspecified atom stereocenters. The van der Waals surface area contributed by atoms with Crippen molar-refractivity contribution in [2.75, 3.05) is 19.9 Å². The third-order valence-corrected chi connectivity index (χ3v) is 8.61. The van der Waals surface area contributed by atoms with Gasteiger partial charge in [0.1, 0.15) is 0 Å². The Morgan fingerprint density at radius 1 is 0.727 bits per heavy atom. The molecular weight excluding hydrogens is 398 g/mol. The summed E-state index contributed by atoms with van der Waals surface area (Å²) in [6.45, 7) is -4.13. The average Bonchev–Trinajstić information content (AvgIpc) is 2.19. The summed E-state index contributed by atoms with van der Waals surface area (Å²) in [6, 6.07) is 0. The standard InChI is InChI=1S/C5H7F9N3O2P3/c1-20(12)15-21(13,18-2-4(6,7)8)17-22(14,16-20)19-3-5(9,10)11/h2-3H2,1H3. The molecule has 0 aliphatic carbocycles. The zero-order valence-corrected chi connectivity index (χ0v) is 13.0. The largest absolute Gasteiger partial charge is 0.412 e. The monoisotopic (exact) mass is 405 g/mol. The Morgan fingerprint density at radius 2 is 1.09 bits per heavy atom. The third kappa shape index (κ3) is 7.04. The van der Waals surface area contributed by atoms with Crippen molar-refractivity contribution in [3.05, 3.63) is 0 Å². The second-order valence-corrected chi connectivity index (χ2v) is 9.98. The Balaban J connectivity index is 3.14. The van der Waals surface area contributed by atoms with Gasteiger partial charge in [-0.05, 0) is 0 Å². The molecule has 0 aromatic carbocycles. The van der Waals surface area contributed by atoms with Crippen LogP contribution in [0, 0.1) is 0 Å². The Kier molecular flexibility index (Phi) is 5.57. The van der Waals surface area contributed by atoms with Gasteiger partial charge in [-0.1, -0.05) is 0 Å². The minimum atomic E-state index is -5.49. The fraction of sp³-hybridized carbons (Fsp3) is 1.00. The van der Waals surface area contributed by atoms with E-state index in [1.165, 1.54) is 0 Å². The van der Waals surface area contributed by atoms with E-state index in [1.807, 2.05) is 0 Å². The summed E-state index contributed by atoms with van der Waals surface area (Å²) in [5, 5.41) is 0. The summed E-state index contributed by atoms with van der Waals surface area (Å²) in [6.07, 6.45) is -10.1. The van der Waals surface area contributed by atoms with E-state index in [2.05, 4.69) is 22.6 Å². The van der Waals surface area contributed by atoms with Gasteiger partial charge < -0.3 is 0 Å². The zero-order valence-electron chi connectivity index (χ0n) is 10.3. The van der Waals surface area contributed by atoms with Crippen molar-refractivity contribution >= 4 is 23.0 Å². The van der Waals surface area contributed by atoms with Crippen molar-refractivity contribution in [3.63, 3.8) is 0 Å². The SMILES string of the molecule is CP1(F)=NP(F)(OCC(F)(F)F)=NP(F)(OCC(F)(F)F)=N1. The van der Waals surface area contributed by atoms with Gasteiger partial charge in [-0.25, -0.2) is 0 Å². The van der Waals surface area contributed by atoms with Crippen LogP contribution in [0.2, 0.25) is 0 Å². The van der Waals surface area contributed by atoms with E-state index in [9.17, 15) is 38.9 Å². The summed E-state index contributed by atoms with van der Waals surface area (Å²) in [5.41, 5.74) is 0. The highest BCUT2D eigenvalue weighted by Gasteiger charge is 2.42. The lowest BCUT2D eigenvalue weighted by Crippen LogP contribution is -2.16. The molecule has 0 saturated heterocycles. The minimum Gasteiger partial charge on any atom is -0.294 e. The molecule has 1 rings (SSSR count).